The maximum Gasteiger partial charge on any atom is 0.218 e. The third-order valence-corrected chi connectivity index (χ3v) is 3.69. The van der Waals surface area contributed by atoms with E-state index in [2.05, 4.69) is 23.9 Å². The molecule has 0 aromatic carbocycles. The van der Waals surface area contributed by atoms with Crippen molar-refractivity contribution >= 4 is 0 Å². The fraction of sp³-hybridized carbons (Fsp3) is 0.643. The maximum atomic E-state index is 6.01. The predicted molar refractivity (Wildman–Crippen MR) is 72.4 cm³/mol. The zero-order valence-corrected chi connectivity index (χ0v) is 11.3. The third-order valence-electron chi connectivity index (χ3n) is 3.69. The van der Waals surface area contributed by atoms with Gasteiger partial charge in [0.25, 0.3) is 0 Å². The second-order valence-corrected chi connectivity index (χ2v) is 5.16. The van der Waals surface area contributed by atoms with E-state index < -0.39 is 0 Å². The lowest BCUT2D eigenvalue weighted by atomic mass is 9.93. The largest absolute Gasteiger partial charge is 0.474 e. The van der Waals surface area contributed by atoms with Crippen molar-refractivity contribution in [2.75, 3.05) is 20.1 Å². The first-order chi connectivity index (χ1) is 8.70. The lowest BCUT2D eigenvalue weighted by Gasteiger charge is -2.33. The Labute approximate surface area is 109 Å². The Kier molecular flexibility index (Phi) is 4.55. The average Bonchev–Trinajstić information content (AvgIpc) is 2.39. The van der Waals surface area contributed by atoms with Crippen LogP contribution in [-0.4, -0.2) is 36.1 Å². The number of piperidine rings is 1. The van der Waals surface area contributed by atoms with Crippen LogP contribution in [0.2, 0.25) is 0 Å². The number of hydrogen-bond acceptors (Lipinski definition) is 4. The monoisotopic (exact) mass is 249 g/mol. The van der Waals surface area contributed by atoms with Crippen LogP contribution in [0.15, 0.2) is 18.3 Å². The van der Waals surface area contributed by atoms with E-state index in [4.69, 9.17) is 10.5 Å². The van der Waals surface area contributed by atoms with Gasteiger partial charge in [0.1, 0.15) is 6.10 Å². The highest BCUT2D eigenvalue weighted by molar-refractivity contribution is 5.25. The van der Waals surface area contributed by atoms with Crippen molar-refractivity contribution < 1.29 is 4.74 Å². The molecule has 18 heavy (non-hydrogen) atoms. The molecule has 1 saturated heterocycles. The molecule has 0 spiro atoms. The Balaban J connectivity index is 1.99. The number of rotatable bonds is 4. The van der Waals surface area contributed by atoms with Crippen LogP contribution >= 0.6 is 0 Å². The number of hydrogen-bond donors (Lipinski definition) is 1. The fourth-order valence-corrected chi connectivity index (χ4v) is 2.55. The summed E-state index contributed by atoms with van der Waals surface area (Å²) in [6, 6.07) is 3.87. The smallest absolute Gasteiger partial charge is 0.218 e. The van der Waals surface area contributed by atoms with Crippen LogP contribution in [0.4, 0.5) is 0 Å². The predicted octanol–water partition coefficient (Wildman–Crippen LogP) is 1.65. The van der Waals surface area contributed by atoms with Gasteiger partial charge in [-0.15, -0.1) is 0 Å². The molecule has 0 amide bonds. The van der Waals surface area contributed by atoms with E-state index in [0.717, 1.165) is 12.1 Å². The highest BCUT2D eigenvalue weighted by Gasteiger charge is 2.24. The van der Waals surface area contributed by atoms with Crippen molar-refractivity contribution in [3.63, 3.8) is 0 Å². The molecule has 100 valence electrons. The van der Waals surface area contributed by atoms with Gasteiger partial charge in [-0.2, -0.15) is 0 Å². The number of pyridine rings is 1. The van der Waals surface area contributed by atoms with Gasteiger partial charge in [0.05, 0.1) is 0 Å². The summed E-state index contributed by atoms with van der Waals surface area (Å²) in [5, 5.41) is 0. The molecule has 0 aliphatic carbocycles. The molecule has 4 heteroatoms. The molecule has 1 aliphatic heterocycles. The van der Waals surface area contributed by atoms with Crippen LogP contribution in [0.3, 0.4) is 0 Å². The van der Waals surface area contributed by atoms with Crippen LogP contribution in [0.5, 0.6) is 5.88 Å². The van der Waals surface area contributed by atoms with E-state index in [1.54, 1.807) is 6.20 Å². The van der Waals surface area contributed by atoms with Gasteiger partial charge >= 0.3 is 0 Å². The molecule has 2 atom stereocenters. The molecule has 2 heterocycles. The van der Waals surface area contributed by atoms with Crippen LogP contribution in [-0.2, 0) is 6.54 Å². The Morgan fingerprint density at radius 3 is 3.17 bits per heavy atom. The Bertz CT molecular complexity index is 383. The molecule has 2 unspecified atom stereocenters. The van der Waals surface area contributed by atoms with E-state index in [1.807, 2.05) is 12.1 Å². The summed E-state index contributed by atoms with van der Waals surface area (Å²) in [5.41, 5.74) is 6.68. The van der Waals surface area contributed by atoms with Crippen molar-refractivity contribution in [3.8, 4) is 5.88 Å². The summed E-state index contributed by atoms with van der Waals surface area (Å²) in [5.74, 6) is 1.28. The Morgan fingerprint density at radius 1 is 1.61 bits per heavy atom. The molecule has 1 aromatic heterocycles. The van der Waals surface area contributed by atoms with E-state index in [-0.39, 0.29) is 6.10 Å². The molecule has 0 bridgehead atoms. The van der Waals surface area contributed by atoms with Gasteiger partial charge in [-0.05, 0) is 39.4 Å². The van der Waals surface area contributed by atoms with E-state index in [0.29, 0.717) is 18.3 Å². The summed E-state index contributed by atoms with van der Waals surface area (Å²) in [7, 11) is 2.17. The number of ether oxygens (including phenoxy) is 1. The van der Waals surface area contributed by atoms with Crippen molar-refractivity contribution in [1.29, 1.82) is 0 Å². The normalized spacial score (nSPS) is 22.7. The molecule has 2 N–H and O–H groups in total. The summed E-state index contributed by atoms with van der Waals surface area (Å²) in [6.45, 7) is 4.91. The summed E-state index contributed by atoms with van der Waals surface area (Å²) in [4.78, 5) is 6.66. The topological polar surface area (TPSA) is 51.4 Å². The van der Waals surface area contributed by atoms with Gasteiger partial charge in [-0.25, -0.2) is 4.98 Å². The average molecular weight is 249 g/mol. The number of aromatic nitrogens is 1. The molecular formula is C14H23N3O. The van der Waals surface area contributed by atoms with Crippen LogP contribution in [0.1, 0.15) is 25.3 Å². The quantitative estimate of drug-likeness (QED) is 0.881. The van der Waals surface area contributed by atoms with E-state index in [9.17, 15) is 0 Å². The zero-order valence-electron chi connectivity index (χ0n) is 11.3. The first-order valence-electron chi connectivity index (χ1n) is 6.70. The van der Waals surface area contributed by atoms with Crippen LogP contribution in [0, 0.1) is 5.92 Å². The minimum Gasteiger partial charge on any atom is -0.474 e. The first kappa shape index (κ1) is 13.3. The Hall–Kier alpha value is -1.13. The lowest BCUT2D eigenvalue weighted by Crippen LogP contribution is -2.39. The molecule has 1 aliphatic rings. The minimum absolute atomic E-state index is 0.188. The highest BCUT2D eigenvalue weighted by Crippen LogP contribution is 2.23. The van der Waals surface area contributed by atoms with Crippen molar-refractivity contribution in [1.82, 2.24) is 9.88 Å². The molecule has 0 saturated carbocycles. The first-order valence-corrected chi connectivity index (χ1v) is 6.70. The van der Waals surface area contributed by atoms with Gasteiger partial charge in [-0.3, -0.25) is 0 Å². The number of likely N-dealkylation sites (tertiary alicyclic amines) is 1. The van der Waals surface area contributed by atoms with Crippen molar-refractivity contribution in [2.24, 2.45) is 11.7 Å². The second kappa shape index (κ2) is 6.16. The van der Waals surface area contributed by atoms with E-state index in [1.165, 1.54) is 19.4 Å². The van der Waals surface area contributed by atoms with Crippen molar-refractivity contribution in [2.45, 2.75) is 32.4 Å². The van der Waals surface area contributed by atoms with Crippen molar-refractivity contribution in [3.05, 3.63) is 23.9 Å². The van der Waals surface area contributed by atoms with Gasteiger partial charge in [0, 0.05) is 30.8 Å². The molecule has 4 nitrogen and oxygen atoms in total. The molecule has 0 radical (unpaired) electrons. The zero-order chi connectivity index (χ0) is 13.0. The SMILES string of the molecule is CC(Oc1ncccc1CN)C1CCCN(C)C1. The molecule has 1 fully saturated rings. The standard InChI is InChI=1S/C14H23N3O/c1-11(13-6-4-8-17(2)10-13)18-14-12(9-15)5-3-7-16-14/h3,5,7,11,13H,4,6,8-10,15H2,1-2H3. The Morgan fingerprint density at radius 2 is 2.44 bits per heavy atom. The summed E-state index contributed by atoms with van der Waals surface area (Å²) >= 11 is 0. The number of nitrogens with zero attached hydrogens (tertiary/aromatic N) is 2. The van der Waals surface area contributed by atoms with Crippen LogP contribution in [0.25, 0.3) is 0 Å². The molecular weight excluding hydrogens is 226 g/mol. The lowest BCUT2D eigenvalue weighted by molar-refractivity contribution is 0.0858. The fourth-order valence-electron chi connectivity index (χ4n) is 2.55. The summed E-state index contributed by atoms with van der Waals surface area (Å²) in [6.07, 6.45) is 4.43. The molecule has 1 aromatic rings. The molecule has 2 rings (SSSR count). The second-order valence-electron chi connectivity index (χ2n) is 5.16. The van der Waals surface area contributed by atoms with Gasteiger partial charge in [0.15, 0.2) is 0 Å². The summed E-state index contributed by atoms with van der Waals surface area (Å²) < 4.78 is 6.01. The van der Waals surface area contributed by atoms with Gasteiger partial charge in [0.2, 0.25) is 5.88 Å². The van der Waals surface area contributed by atoms with E-state index >= 15 is 0 Å². The van der Waals surface area contributed by atoms with Gasteiger partial charge in [-0.1, -0.05) is 6.07 Å². The third kappa shape index (κ3) is 3.21. The highest BCUT2D eigenvalue weighted by atomic mass is 16.5. The number of nitrogens with two attached hydrogens (primary N) is 1. The van der Waals surface area contributed by atoms with Crippen LogP contribution < -0.4 is 10.5 Å². The minimum atomic E-state index is 0.188. The maximum absolute atomic E-state index is 6.01. The van der Waals surface area contributed by atoms with Gasteiger partial charge < -0.3 is 15.4 Å².